The second-order valence-electron chi connectivity index (χ2n) is 5.14. The van der Waals surface area contributed by atoms with Gasteiger partial charge in [0, 0.05) is 5.56 Å². The van der Waals surface area contributed by atoms with Crippen molar-refractivity contribution in [2.75, 3.05) is 6.61 Å². The average molecular weight is 265 g/mol. The van der Waals surface area contributed by atoms with Gasteiger partial charge in [0.15, 0.2) is 0 Å². The molecule has 102 valence electrons. The zero-order valence-electron chi connectivity index (χ0n) is 11.8. The third-order valence-corrected chi connectivity index (χ3v) is 3.63. The molecule has 1 aromatic carbocycles. The Balaban J connectivity index is 1.69. The minimum absolute atomic E-state index is 0.325. The Hall–Kier alpha value is -2.09. The van der Waals surface area contributed by atoms with Crippen LogP contribution in [0.1, 0.15) is 30.9 Å². The van der Waals surface area contributed by atoms with Crippen LogP contribution in [0.15, 0.2) is 59.1 Å². The molecule has 0 saturated carbocycles. The third kappa shape index (κ3) is 2.90. The largest absolute Gasteiger partial charge is 0.475 e. The van der Waals surface area contributed by atoms with Crippen LogP contribution in [-0.2, 0) is 4.74 Å². The molecule has 20 heavy (non-hydrogen) atoms. The van der Waals surface area contributed by atoms with Gasteiger partial charge in [0.05, 0.1) is 6.04 Å². The number of allylic oxidation sites excluding steroid dienone is 5. The van der Waals surface area contributed by atoms with Crippen LogP contribution < -0.4 is 0 Å². The van der Waals surface area contributed by atoms with E-state index in [4.69, 9.17) is 4.74 Å². The molecule has 2 heteroatoms. The first-order valence-electron chi connectivity index (χ1n) is 7.20. The SMILES string of the molecule is CCC1COC(c2ccc(/C=C/C3=CC=CC3)cc2)=N1. The van der Waals surface area contributed by atoms with Crippen LogP contribution in [-0.4, -0.2) is 18.5 Å². The van der Waals surface area contributed by atoms with Crippen LogP contribution in [0.25, 0.3) is 6.08 Å². The summed E-state index contributed by atoms with van der Waals surface area (Å²) in [5.74, 6) is 0.787. The Morgan fingerprint density at radius 1 is 1.25 bits per heavy atom. The van der Waals surface area contributed by atoms with Crippen molar-refractivity contribution in [1.29, 1.82) is 0 Å². The van der Waals surface area contributed by atoms with E-state index in [-0.39, 0.29) is 0 Å². The highest BCUT2D eigenvalue weighted by Gasteiger charge is 2.17. The number of aliphatic imine (C=N–C) groups is 1. The van der Waals surface area contributed by atoms with Crippen molar-refractivity contribution in [3.05, 3.63) is 65.3 Å². The van der Waals surface area contributed by atoms with Crippen LogP contribution in [0.4, 0.5) is 0 Å². The van der Waals surface area contributed by atoms with E-state index in [2.05, 4.69) is 66.6 Å². The normalized spacial score (nSPS) is 21.1. The van der Waals surface area contributed by atoms with Crippen molar-refractivity contribution < 1.29 is 4.74 Å². The van der Waals surface area contributed by atoms with E-state index in [0.29, 0.717) is 12.6 Å². The van der Waals surface area contributed by atoms with Gasteiger partial charge in [-0.3, -0.25) is 0 Å². The average Bonchev–Trinajstić information content (AvgIpc) is 3.17. The number of hydrogen-bond acceptors (Lipinski definition) is 2. The molecule has 3 rings (SSSR count). The van der Waals surface area contributed by atoms with Gasteiger partial charge < -0.3 is 4.74 Å². The summed E-state index contributed by atoms with van der Waals surface area (Å²) < 4.78 is 5.64. The minimum Gasteiger partial charge on any atom is -0.475 e. The van der Waals surface area contributed by atoms with Gasteiger partial charge in [-0.15, -0.1) is 0 Å². The van der Waals surface area contributed by atoms with Gasteiger partial charge in [-0.25, -0.2) is 4.99 Å². The third-order valence-electron chi connectivity index (χ3n) is 3.63. The first kappa shape index (κ1) is 12.9. The van der Waals surface area contributed by atoms with Gasteiger partial charge in [0.1, 0.15) is 6.61 Å². The Bertz CT molecular complexity index is 590. The lowest BCUT2D eigenvalue weighted by atomic mass is 10.1. The van der Waals surface area contributed by atoms with Crippen molar-refractivity contribution in [3.8, 4) is 0 Å². The molecule has 1 heterocycles. The molecular formula is C18H19NO. The zero-order valence-corrected chi connectivity index (χ0v) is 11.8. The fraction of sp³-hybridized carbons (Fsp3) is 0.278. The Morgan fingerprint density at radius 2 is 2.10 bits per heavy atom. The molecule has 1 aliphatic heterocycles. The molecule has 0 amide bonds. The topological polar surface area (TPSA) is 21.6 Å². The summed E-state index contributed by atoms with van der Waals surface area (Å²) >= 11 is 0. The second-order valence-corrected chi connectivity index (χ2v) is 5.14. The lowest BCUT2D eigenvalue weighted by Crippen LogP contribution is -2.03. The molecule has 2 aliphatic rings. The molecule has 0 radical (unpaired) electrons. The van der Waals surface area contributed by atoms with Crippen LogP contribution in [0.2, 0.25) is 0 Å². The molecule has 0 bridgehead atoms. The summed E-state index contributed by atoms with van der Waals surface area (Å²) in [6.07, 6.45) is 12.8. The number of nitrogens with zero attached hydrogens (tertiary/aromatic N) is 1. The van der Waals surface area contributed by atoms with Crippen molar-refractivity contribution in [1.82, 2.24) is 0 Å². The van der Waals surface area contributed by atoms with Gasteiger partial charge in [-0.1, -0.05) is 49.4 Å². The molecule has 1 unspecified atom stereocenters. The van der Waals surface area contributed by atoms with Crippen LogP contribution in [0, 0.1) is 0 Å². The molecule has 1 aromatic rings. The quantitative estimate of drug-likeness (QED) is 0.801. The highest BCUT2D eigenvalue weighted by atomic mass is 16.5. The van der Waals surface area contributed by atoms with Gasteiger partial charge in [-0.2, -0.15) is 0 Å². The number of rotatable bonds is 4. The van der Waals surface area contributed by atoms with Crippen molar-refractivity contribution in [2.45, 2.75) is 25.8 Å². The summed E-state index contributed by atoms with van der Waals surface area (Å²) in [5, 5.41) is 0. The van der Waals surface area contributed by atoms with E-state index in [1.165, 1.54) is 11.1 Å². The zero-order chi connectivity index (χ0) is 13.8. The van der Waals surface area contributed by atoms with Crippen molar-refractivity contribution >= 4 is 12.0 Å². The number of hydrogen-bond donors (Lipinski definition) is 0. The molecule has 0 aromatic heterocycles. The fourth-order valence-electron chi connectivity index (χ4n) is 2.31. The van der Waals surface area contributed by atoms with E-state index >= 15 is 0 Å². The summed E-state index contributed by atoms with van der Waals surface area (Å²) in [6, 6.07) is 8.71. The van der Waals surface area contributed by atoms with E-state index in [9.17, 15) is 0 Å². The van der Waals surface area contributed by atoms with Gasteiger partial charge in [-0.05, 0) is 36.1 Å². The Morgan fingerprint density at radius 3 is 2.75 bits per heavy atom. The summed E-state index contributed by atoms with van der Waals surface area (Å²) in [7, 11) is 0. The molecule has 2 nitrogen and oxygen atoms in total. The maximum atomic E-state index is 5.64. The Kier molecular flexibility index (Phi) is 3.82. The lowest BCUT2D eigenvalue weighted by molar-refractivity contribution is 0.315. The maximum absolute atomic E-state index is 5.64. The summed E-state index contributed by atoms with van der Waals surface area (Å²) in [4.78, 5) is 4.57. The van der Waals surface area contributed by atoms with Gasteiger partial charge in [0.2, 0.25) is 5.90 Å². The van der Waals surface area contributed by atoms with E-state index in [0.717, 1.165) is 24.3 Å². The fourth-order valence-corrected chi connectivity index (χ4v) is 2.31. The molecule has 0 fully saturated rings. The summed E-state index contributed by atoms with van der Waals surface area (Å²) in [5.41, 5.74) is 3.62. The highest BCUT2D eigenvalue weighted by Crippen LogP contribution is 2.17. The monoisotopic (exact) mass is 265 g/mol. The van der Waals surface area contributed by atoms with Crippen molar-refractivity contribution in [3.63, 3.8) is 0 Å². The molecule has 0 saturated heterocycles. The predicted octanol–water partition coefficient (Wildman–Crippen LogP) is 4.14. The predicted molar refractivity (Wildman–Crippen MR) is 83.9 cm³/mol. The van der Waals surface area contributed by atoms with Crippen LogP contribution in [0.3, 0.4) is 0 Å². The molecule has 0 N–H and O–H groups in total. The second kappa shape index (κ2) is 5.91. The first-order valence-corrected chi connectivity index (χ1v) is 7.20. The number of benzene rings is 1. The molecule has 1 aliphatic carbocycles. The Labute approximate surface area is 120 Å². The van der Waals surface area contributed by atoms with Crippen molar-refractivity contribution in [2.24, 2.45) is 4.99 Å². The number of ether oxygens (including phenoxy) is 1. The van der Waals surface area contributed by atoms with Crippen LogP contribution in [0.5, 0.6) is 0 Å². The standard InChI is InChI=1S/C18H19NO/c1-2-17-13-20-18(19-17)16-11-9-15(10-12-16)8-7-14-5-3-4-6-14/h3-5,7-12,17H,2,6,13H2,1H3/b8-7+. The van der Waals surface area contributed by atoms with E-state index in [1.54, 1.807) is 0 Å². The molecular weight excluding hydrogens is 246 g/mol. The van der Waals surface area contributed by atoms with E-state index < -0.39 is 0 Å². The molecule has 1 atom stereocenters. The maximum Gasteiger partial charge on any atom is 0.216 e. The van der Waals surface area contributed by atoms with Crippen LogP contribution >= 0.6 is 0 Å². The molecule has 0 spiro atoms. The highest BCUT2D eigenvalue weighted by molar-refractivity contribution is 5.95. The lowest BCUT2D eigenvalue weighted by Gasteiger charge is -2.01. The van der Waals surface area contributed by atoms with Gasteiger partial charge in [0.25, 0.3) is 0 Å². The van der Waals surface area contributed by atoms with Gasteiger partial charge >= 0.3 is 0 Å². The minimum atomic E-state index is 0.325. The smallest absolute Gasteiger partial charge is 0.216 e. The summed E-state index contributed by atoms with van der Waals surface area (Å²) in [6.45, 7) is 2.86. The van der Waals surface area contributed by atoms with E-state index in [1.807, 2.05) is 0 Å². The first-order chi connectivity index (χ1) is 9.85.